The lowest BCUT2D eigenvalue weighted by Crippen LogP contribution is -2.41. The van der Waals surface area contributed by atoms with E-state index in [0.717, 1.165) is 0 Å². The molecular weight excluding hydrogens is 262 g/mol. The van der Waals surface area contributed by atoms with Crippen LogP contribution in [0.5, 0.6) is 0 Å². The van der Waals surface area contributed by atoms with E-state index in [1.807, 2.05) is 0 Å². The number of carbonyl (C=O) groups excluding carboxylic acids is 1. The van der Waals surface area contributed by atoms with E-state index in [0.29, 0.717) is 10.1 Å². The van der Waals surface area contributed by atoms with Gasteiger partial charge in [0.25, 0.3) is 0 Å². The van der Waals surface area contributed by atoms with E-state index < -0.39 is 12.5 Å². The Hall–Kier alpha value is -0.210. The van der Waals surface area contributed by atoms with Gasteiger partial charge >= 0.3 is 0 Å². The first-order valence-corrected chi connectivity index (χ1v) is 6.67. The van der Waals surface area contributed by atoms with Crippen LogP contribution < -0.4 is 0 Å². The van der Waals surface area contributed by atoms with E-state index in [9.17, 15) is 4.79 Å². The van der Waals surface area contributed by atoms with Crippen molar-refractivity contribution >= 4 is 34.2 Å². The Morgan fingerprint density at radius 3 is 2.41 bits per heavy atom. The van der Waals surface area contributed by atoms with Crippen LogP contribution >= 0.6 is 24.0 Å². The average Bonchev–Trinajstić information content (AvgIpc) is 2.57. The topological polar surface area (TPSA) is 48.0 Å². The predicted molar refractivity (Wildman–Crippen MR) is 69.5 cm³/mol. The molecule has 0 bridgehead atoms. The van der Waals surface area contributed by atoms with E-state index in [2.05, 4.69) is 0 Å². The van der Waals surface area contributed by atoms with Crippen molar-refractivity contribution in [1.82, 2.24) is 4.90 Å². The third-order valence-electron chi connectivity index (χ3n) is 2.25. The van der Waals surface area contributed by atoms with Crippen molar-refractivity contribution in [2.24, 2.45) is 0 Å². The zero-order valence-corrected chi connectivity index (χ0v) is 12.0. The van der Waals surface area contributed by atoms with E-state index in [-0.39, 0.29) is 12.2 Å². The Kier molecular flexibility index (Phi) is 5.81. The fraction of sp³-hybridized carbons (Fsp3) is 0.800. The first-order valence-electron chi connectivity index (χ1n) is 5.28. The molecule has 0 spiro atoms. The highest BCUT2D eigenvalue weighted by Gasteiger charge is 2.32. The molecule has 1 rings (SSSR count). The molecule has 0 radical (unpaired) electrons. The van der Waals surface area contributed by atoms with Gasteiger partial charge < -0.3 is 14.2 Å². The fourth-order valence-electron chi connectivity index (χ4n) is 1.41. The van der Waals surface area contributed by atoms with E-state index >= 15 is 0 Å². The quantitative estimate of drug-likeness (QED) is 0.543. The lowest BCUT2D eigenvalue weighted by Gasteiger charge is -2.27. The summed E-state index contributed by atoms with van der Waals surface area (Å²) in [6, 6.07) is 0. The molecule has 17 heavy (non-hydrogen) atoms. The molecule has 3 atom stereocenters. The van der Waals surface area contributed by atoms with Gasteiger partial charge in [-0.15, -0.1) is 0 Å². The minimum atomic E-state index is -0.471. The van der Waals surface area contributed by atoms with Crippen LogP contribution in [-0.2, 0) is 19.0 Å². The average molecular weight is 279 g/mol. The maximum Gasteiger partial charge on any atom is 0.240 e. The summed E-state index contributed by atoms with van der Waals surface area (Å²) in [4.78, 5) is 13.0. The summed E-state index contributed by atoms with van der Waals surface area (Å²) in [7, 11) is 1.55. The van der Waals surface area contributed by atoms with Crippen molar-refractivity contribution in [1.29, 1.82) is 0 Å². The van der Waals surface area contributed by atoms with Crippen LogP contribution in [-0.4, -0.2) is 46.8 Å². The molecule has 3 unspecified atom stereocenters. The summed E-state index contributed by atoms with van der Waals surface area (Å²) >= 11 is 6.43. The molecule has 0 aliphatic carbocycles. The monoisotopic (exact) mass is 279 g/mol. The Labute approximate surface area is 111 Å². The number of hydrogen-bond acceptors (Lipinski definition) is 6. The third kappa shape index (κ3) is 4.18. The summed E-state index contributed by atoms with van der Waals surface area (Å²) in [6.45, 7) is 5.29. The third-order valence-corrected chi connectivity index (χ3v) is 3.64. The summed E-state index contributed by atoms with van der Waals surface area (Å²) in [5.41, 5.74) is 0. The molecule has 1 amide bonds. The highest BCUT2D eigenvalue weighted by Crippen LogP contribution is 2.23. The number of rotatable bonds is 6. The first-order chi connectivity index (χ1) is 7.95. The number of methoxy groups -OCH3 is 1. The molecule has 7 heteroatoms. The van der Waals surface area contributed by atoms with Crippen LogP contribution in [0.25, 0.3) is 0 Å². The van der Waals surface area contributed by atoms with Gasteiger partial charge in [0.15, 0.2) is 12.6 Å². The zero-order chi connectivity index (χ0) is 13.0. The molecule has 5 nitrogen and oxygen atoms in total. The number of carbonyl (C=O) groups is 1. The van der Waals surface area contributed by atoms with Gasteiger partial charge in [0.2, 0.25) is 5.91 Å². The molecule has 0 aromatic rings. The lowest BCUT2D eigenvalue weighted by atomic mass is 10.5. The summed E-state index contributed by atoms with van der Waals surface area (Å²) < 4.78 is 16.4. The van der Waals surface area contributed by atoms with Crippen LogP contribution in [0.3, 0.4) is 0 Å². The molecule has 98 valence electrons. The Morgan fingerprint density at radius 1 is 1.29 bits per heavy atom. The van der Waals surface area contributed by atoms with Gasteiger partial charge in [-0.25, -0.2) is 0 Å². The van der Waals surface area contributed by atoms with Crippen LogP contribution in [0.1, 0.15) is 20.8 Å². The smallest absolute Gasteiger partial charge is 0.240 e. The van der Waals surface area contributed by atoms with Crippen molar-refractivity contribution in [3.8, 4) is 0 Å². The fourth-order valence-corrected chi connectivity index (χ4v) is 2.61. The van der Waals surface area contributed by atoms with Gasteiger partial charge in [-0.3, -0.25) is 9.69 Å². The van der Waals surface area contributed by atoms with Crippen LogP contribution in [0.4, 0.5) is 0 Å². The molecule has 0 aromatic heterocycles. The standard InChI is InChI=1S/C10H17NO4S2/c1-6(11-9(12)5-17-10(11)16)14-8(3)15-7(2)13-4/h6-8H,5H2,1-4H3. The molecule has 0 aromatic carbocycles. The molecule has 1 saturated heterocycles. The lowest BCUT2D eigenvalue weighted by molar-refractivity contribution is -0.246. The second-order valence-corrected chi connectivity index (χ2v) is 5.17. The van der Waals surface area contributed by atoms with Gasteiger partial charge in [0, 0.05) is 7.11 Å². The summed E-state index contributed by atoms with van der Waals surface area (Å²) in [6.07, 6.45) is -1.25. The van der Waals surface area contributed by atoms with Crippen molar-refractivity contribution in [3.63, 3.8) is 0 Å². The molecule has 1 aliphatic heterocycles. The van der Waals surface area contributed by atoms with Crippen LogP contribution in [0.2, 0.25) is 0 Å². The number of amides is 1. The van der Waals surface area contributed by atoms with Crippen molar-refractivity contribution < 1.29 is 19.0 Å². The Bertz CT molecular complexity index is 284. The second kappa shape index (κ2) is 6.65. The van der Waals surface area contributed by atoms with E-state index in [1.165, 1.54) is 16.7 Å². The predicted octanol–water partition coefficient (Wildman–Crippen LogP) is 1.56. The minimum Gasteiger partial charge on any atom is -0.356 e. The second-order valence-electron chi connectivity index (χ2n) is 3.56. The van der Waals surface area contributed by atoms with Crippen molar-refractivity contribution in [2.45, 2.75) is 39.6 Å². The molecule has 0 N–H and O–H groups in total. The van der Waals surface area contributed by atoms with Gasteiger partial charge in [-0.2, -0.15) is 0 Å². The highest BCUT2D eigenvalue weighted by molar-refractivity contribution is 8.23. The molecular formula is C10H17NO4S2. The van der Waals surface area contributed by atoms with E-state index in [4.69, 9.17) is 26.4 Å². The molecule has 1 fully saturated rings. The normalized spacial score (nSPS) is 21.8. The maximum atomic E-state index is 11.6. The summed E-state index contributed by atoms with van der Waals surface area (Å²) in [5.74, 6) is 0.357. The van der Waals surface area contributed by atoms with Gasteiger partial charge in [-0.1, -0.05) is 24.0 Å². The van der Waals surface area contributed by atoms with Crippen molar-refractivity contribution in [3.05, 3.63) is 0 Å². The Balaban J connectivity index is 2.45. The Morgan fingerprint density at radius 2 is 1.94 bits per heavy atom. The number of thiocarbonyl (C=S) groups is 1. The van der Waals surface area contributed by atoms with E-state index in [1.54, 1.807) is 27.9 Å². The zero-order valence-electron chi connectivity index (χ0n) is 10.3. The van der Waals surface area contributed by atoms with Crippen molar-refractivity contribution in [2.75, 3.05) is 12.9 Å². The summed E-state index contributed by atoms with van der Waals surface area (Å²) in [5, 5.41) is 0. The van der Waals surface area contributed by atoms with Gasteiger partial charge in [-0.05, 0) is 20.8 Å². The number of ether oxygens (including phenoxy) is 3. The number of thioether (sulfide) groups is 1. The molecule has 1 heterocycles. The largest absolute Gasteiger partial charge is 0.356 e. The molecule has 1 aliphatic rings. The maximum absolute atomic E-state index is 11.6. The van der Waals surface area contributed by atoms with Crippen LogP contribution in [0.15, 0.2) is 0 Å². The first kappa shape index (κ1) is 14.8. The number of nitrogens with zero attached hydrogens (tertiary/aromatic N) is 1. The number of hydrogen-bond donors (Lipinski definition) is 0. The van der Waals surface area contributed by atoms with Crippen LogP contribution in [0, 0.1) is 0 Å². The van der Waals surface area contributed by atoms with Gasteiger partial charge in [0.05, 0.1) is 5.75 Å². The highest BCUT2D eigenvalue weighted by atomic mass is 32.2. The van der Waals surface area contributed by atoms with Gasteiger partial charge in [0.1, 0.15) is 10.5 Å². The minimum absolute atomic E-state index is 0.0283. The SMILES string of the molecule is COC(C)OC(C)OC(C)N1C(=O)CSC1=S. The molecule has 0 saturated carbocycles.